The highest BCUT2D eigenvalue weighted by Crippen LogP contribution is 2.31. The Morgan fingerprint density at radius 2 is 1.93 bits per heavy atom. The number of fused-ring (bicyclic) bond motifs is 1. The first kappa shape index (κ1) is 18.4. The van der Waals surface area contributed by atoms with Crippen LogP contribution >= 0.6 is 11.8 Å². The molecule has 0 N–H and O–H groups in total. The third kappa shape index (κ3) is 3.70. The molecule has 0 bridgehead atoms. The van der Waals surface area contributed by atoms with E-state index in [9.17, 15) is 14.9 Å². The van der Waals surface area contributed by atoms with Crippen molar-refractivity contribution >= 4 is 23.6 Å². The number of hydrogen-bond acceptors (Lipinski definition) is 4. The number of nitrogens with zero attached hydrogens (tertiary/aromatic N) is 3. The van der Waals surface area contributed by atoms with E-state index in [1.54, 1.807) is 21.6 Å². The molecule has 1 aromatic rings. The Morgan fingerprint density at radius 3 is 2.63 bits per heavy atom. The van der Waals surface area contributed by atoms with Gasteiger partial charge in [0.05, 0.1) is 11.9 Å². The summed E-state index contributed by atoms with van der Waals surface area (Å²) in [5.74, 6) is 1.83. The normalized spacial score (nSPS) is 24.9. The molecule has 4 rings (SSSR count). The minimum absolute atomic E-state index is 0.0364. The molecule has 27 heavy (non-hydrogen) atoms. The Hall–Kier alpha value is -2.00. The van der Waals surface area contributed by atoms with E-state index in [2.05, 4.69) is 30.3 Å². The van der Waals surface area contributed by atoms with Gasteiger partial charge in [-0.25, -0.2) is 0 Å². The van der Waals surface area contributed by atoms with Gasteiger partial charge in [-0.3, -0.25) is 9.59 Å². The Kier molecular flexibility index (Phi) is 5.40. The molecular formula is C21H25N3O2S. The number of likely N-dealkylation sites (tertiary alicyclic amines) is 1. The van der Waals surface area contributed by atoms with Crippen LogP contribution in [0.1, 0.15) is 36.8 Å². The Morgan fingerprint density at radius 1 is 1.19 bits per heavy atom. The lowest BCUT2D eigenvalue weighted by atomic mass is 9.99. The van der Waals surface area contributed by atoms with Gasteiger partial charge >= 0.3 is 0 Å². The van der Waals surface area contributed by atoms with Gasteiger partial charge in [-0.15, -0.1) is 11.8 Å². The molecule has 0 aromatic heterocycles. The fourth-order valence-electron chi connectivity index (χ4n) is 4.61. The second kappa shape index (κ2) is 7.93. The molecule has 3 aliphatic rings. The van der Waals surface area contributed by atoms with E-state index in [-0.39, 0.29) is 23.9 Å². The predicted molar refractivity (Wildman–Crippen MR) is 105 cm³/mol. The van der Waals surface area contributed by atoms with E-state index in [0.717, 1.165) is 32.1 Å². The zero-order chi connectivity index (χ0) is 18.8. The Bertz CT molecular complexity index is 750. The third-order valence-corrected chi connectivity index (χ3v) is 7.09. The maximum atomic E-state index is 12.9. The van der Waals surface area contributed by atoms with Gasteiger partial charge in [0, 0.05) is 18.7 Å². The summed E-state index contributed by atoms with van der Waals surface area (Å²) in [6.45, 7) is 0.665. The van der Waals surface area contributed by atoms with Crippen LogP contribution < -0.4 is 0 Å². The van der Waals surface area contributed by atoms with Crippen molar-refractivity contribution in [2.75, 3.05) is 18.2 Å². The molecule has 6 heteroatoms. The van der Waals surface area contributed by atoms with Gasteiger partial charge in [-0.2, -0.15) is 5.26 Å². The highest BCUT2D eigenvalue weighted by molar-refractivity contribution is 7.99. The fourth-order valence-corrected chi connectivity index (χ4v) is 5.69. The lowest BCUT2D eigenvalue weighted by Crippen LogP contribution is -2.49. The number of nitriles is 1. The summed E-state index contributed by atoms with van der Waals surface area (Å²) < 4.78 is 0. The second-order valence-corrected chi connectivity index (χ2v) is 8.78. The molecule has 2 saturated heterocycles. The smallest absolute Gasteiger partial charge is 0.247 e. The van der Waals surface area contributed by atoms with Gasteiger partial charge in [0.15, 0.2) is 0 Å². The summed E-state index contributed by atoms with van der Waals surface area (Å²) in [5, 5.41) is 9.25. The number of carbonyl (C=O) groups excluding carboxylic acids is 2. The standard InChI is InChI=1S/C21H25N3O2S/c22-12-18-13-27-14-24(18)21(26)19-6-3-9-23(19)20(25)8-7-15-10-16-4-1-2-5-17(16)11-15/h1-2,4-5,15,18-19H,3,6-11,13-14H2/t18-,19-/m1/s1. The van der Waals surface area contributed by atoms with Crippen LogP contribution in [0.4, 0.5) is 0 Å². The van der Waals surface area contributed by atoms with Crippen molar-refractivity contribution in [2.24, 2.45) is 5.92 Å². The molecule has 1 aromatic carbocycles. The van der Waals surface area contributed by atoms with Crippen molar-refractivity contribution in [2.45, 2.75) is 50.6 Å². The van der Waals surface area contributed by atoms with Crippen molar-refractivity contribution in [3.05, 3.63) is 35.4 Å². The molecule has 0 saturated carbocycles. The lowest BCUT2D eigenvalue weighted by Gasteiger charge is -2.29. The number of benzene rings is 1. The van der Waals surface area contributed by atoms with Crippen molar-refractivity contribution in [3.8, 4) is 6.07 Å². The predicted octanol–water partition coefficient (Wildman–Crippen LogP) is 2.60. The molecule has 2 aliphatic heterocycles. The summed E-state index contributed by atoms with van der Waals surface area (Å²) >= 11 is 1.61. The minimum Gasteiger partial charge on any atom is -0.331 e. The minimum atomic E-state index is -0.368. The molecule has 142 valence electrons. The van der Waals surface area contributed by atoms with Gasteiger partial charge < -0.3 is 9.80 Å². The van der Waals surface area contributed by atoms with Crippen LogP contribution in [-0.4, -0.2) is 51.9 Å². The molecular weight excluding hydrogens is 358 g/mol. The first-order valence-electron chi connectivity index (χ1n) is 9.81. The molecule has 1 aliphatic carbocycles. The van der Waals surface area contributed by atoms with E-state index >= 15 is 0 Å². The van der Waals surface area contributed by atoms with Gasteiger partial charge in [-0.05, 0) is 49.1 Å². The van der Waals surface area contributed by atoms with E-state index in [4.69, 9.17) is 0 Å². The van der Waals surface area contributed by atoms with Crippen LogP contribution in [0.5, 0.6) is 0 Å². The highest BCUT2D eigenvalue weighted by Gasteiger charge is 2.40. The number of thioether (sulfide) groups is 1. The van der Waals surface area contributed by atoms with Gasteiger partial charge in [0.25, 0.3) is 0 Å². The lowest BCUT2D eigenvalue weighted by molar-refractivity contribution is -0.143. The monoisotopic (exact) mass is 383 g/mol. The molecule has 5 nitrogen and oxygen atoms in total. The van der Waals surface area contributed by atoms with Crippen LogP contribution in [0, 0.1) is 17.2 Å². The SMILES string of the molecule is N#C[C@@H]1CSCN1C(=O)[C@H]1CCCN1C(=O)CCC1Cc2ccccc2C1. The summed E-state index contributed by atoms with van der Waals surface area (Å²) in [6, 6.07) is 10.0. The summed E-state index contributed by atoms with van der Waals surface area (Å²) in [7, 11) is 0. The molecule has 2 heterocycles. The van der Waals surface area contributed by atoms with Crippen LogP contribution in [0.25, 0.3) is 0 Å². The number of carbonyl (C=O) groups is 2. The average Bonchev–Trinajstić information content (AvgIpc) is 3.43. The van der Waals surface area contributed by atoms with E-state index in [0.29, 0.717) is 30.5 Å². The fraction of sp³-hybridized carbons (Fsp3) is 0.571. The van der Waals surface area contributed by atoms with E-state index in [1.165, 1.54) is 11.1 Å². The first-order valence-corrected chi connectivity index (χ1v) is 11.0. The largest absolute Gasteiger partial charge is 0.331 e. The van der Waals surface area contributed by atoms with Gasteiger partial charge in [0.2, 0.25) is 11.8 Å². The maximum Gasteiger partial charge on any atom is 0.247 e. The zero-order valence-corrected chi connectivity index (χ0v) is 16.3. The number of hydrogen-bond donors (Lipinski definition) is 0. The van der Waals surface area contributed by atoms with Crippen LogP contribution in [0.2, 0.25) is 0 Å². The summed E-state index contributed by atoms with van der Waals surface area (Å²) in [6.07, 6.45) is 5.10. The van der Waals surface area contributed by atoms with E-state index in [1.807, 2.05) is 0 Å². The summed E-state index contributed by atoms with van der Waals surface area (Å²) in [5.41, 5.74) is 2.83. The van der Waals surface area contributed by atoms with Crippen molar-refractivity contribution in [3.63, 3.8) is 0 Å². The third-order valence-electron chi connectivity index (χ3n) is 6.07. The first-order chi connectivity index (χ1) is 13.2. The maximum absolute atomic E-state index is 12.9. The second-order valence-electron chi connectivity index (χ2n) is 7.78. The quantitative estimate of drug-likeness (QED) is 0.802. The van der Waals surface area contributed by atoms with Crippen LogP contribution in [0.15, 0.2) is 24.3 Å². The molecule has 0 unspecified atom stereocenters. The van der Waals surface area contributed by atoms with Gasteiger partial charge in [-0.1, -0.05) is 24.3 Å². The van der Waals surface area contributed by atoms with Crippen molar-refractivity contribution in [1.82, 2.24) is 9.80 Å². The molecule has 0 radical (unpaired) electrons. The Balaban J connectivity index is 1.33. The van der Waals surface area contributed by atoms with Crippen LogP contribution in [0.3, 0.4) is 0 Å². The average molecular weight is 384 g/mol. The summed E-state index contributed by atoms with van der Waals surface area (Å²) in [4.78, 5) is 29.2. The van der Waals surface area contributed by atoms with Crippen LogP contribution in [-0.2, 0) is 22.4 Å². The molecule has 2 amide bonds. The van der Waals surface area contributed by atoms with Gasteiger partial charge in [0.1, 0.15) is 12.1 Å². The number of rotatable bonds is 4. The molecule has 2 atom stereocenters. The molecule has 2 fully saturated rings. The highest BCUT2D eigenvalue weighted by atomic mass is 32.2. The molecule has 0 spiro atoms. The number of amides is 2. The Labute approximate surface area is 164 Å². The van der Waals surface area contributed by atoms with Crippen molar-refractivity contribution < 1.29 is 9.59 Å². The van der Waals surface area contributed by atoms with E-state index < -0.39 is 0 Å². The van der Waals surface area contributed by atoms with Crippen molar-refractivity contribution in [1.29, 1.82) is 5.26 Å². The topological polar surface area (TPSA) is 64.4 Å². The zero-order valence-electron chi connectivity index (χ0n) is 15.5.